The van der Waals surface area contributed by atoms with Crippen molar-refractivity contribution in [3.63, 3.8) is 0 Å². The number of rotatable bonds is 8. The van der Waals surface area contributed by atoms with Crippen molar-refractivity contribution in [2.75, 3.05) is 19.3 Å². The van der Waals surface area contributed by atoms with Crippen LogP contribution in [0.3, 0.4) is 0 Å². The van der Waals surface area contributed by atoms with E-state index in [1.807, 2.05) is 20.8 Å². The number of sulfone groups is 1. The van der Waals surface area contributed by atoms with E-state index >= 15 is 0 Å². The Labute approximate surface area is 94.6 Å². The number of hydrogen-bond acceptors (Lipinski definition) is 3. The quantitative estimate of drug-likeness (QED) is 0.700. The van der Waals surface area contributed by atoms with Gasteiger partial charge in [0.05, 0.1) is 4.75 Å². The lowest BCUT2D eigenvalue weighted by atomic mass is 9.97. The minimum Gasteiger partial charge on any atom is -0.315 e. The maximum atomic E-state index is 11.9. The summed E-state index contributed by atoms with van der Waals surface area (Å²) in [4.78, 5) is 0. The zero-order chi connectivity index (χ0) is 11.9. The average molecular weight is 235 g/mol. The van der Waals surface area contributed by atoms with E-state index in [0.717, 1.165) is 32.2 Å². The second-order valence-electron chi connectivity index (χ2n) is 4.24. The van der Waals surface area contributed by atoms with Crippen molar-refractivity contribution in [2.24, 2.45) is 0 Å². The summed E-state index contributed by atoms with van der Waals surface area (Å²) in [6, 6.07) is 0. The second-order valence-corrected chi connectivity index (χ2v) is 6.65. The lowest BCUT2D eigenvalue weighted by molar-refractivity contribution is 0.423. The van der Waals surface area contributed by atoms with Crippen LogP contribution in [0.5, 0.6) is 0 Å². The van der Waals surface area contributed by atoms with Crippen LogP contribution in [0.25, 0.3) is 0 Å². The van der Waals surface area contributed by atoms with Gasteiger partial charge in [0.25, 0.3) is 0 Å². The van der Waals surface area contributed by atoms with Gasteiger partial charge in [0.2, 0.25) is 0 Å². The summed E-state index contributed by atoms with van der Waals surface area (Å²) in [5.74, 6) is 0. The summed E-state index contributed by atoms with van der Waals surface area (Å²) < 4.78 is 23.2. The number of hydrogen-bond donors (Lipinski definition) is 1. The first-order valence-corrected chi connectivity index (χ1v) is 7.73. The van der Waals surface area contributed by atoms with Crippen molar-refractivity contribution in [1.82, 2.24) is 5.32 Å². The van der Waals surface area contributed by atoms with E-state index in [0.29, 0.717) is 6.54 Å². The molecule has 0 heterocycles. The van der Waals surface area contributed by atoms with Gasteiger partial charge < -0.3 is 5.32 Å². The predicted molar refractivity (Wildman–Crippen MR) is 65.9 cm³/mol. The third-order valence-corrected chi connectivity index (χ3v) is 5.02. The van der Waals surface area contributed by atoms with Gasteiger partial charge in [-0.15, -0.1) is 0 Å². The van der Waals surface area contributed by atoms with Crippen molar-refractivity contribution in [2.45, 2.75) is 51.2 Å². The molecule has 0 saturated heterocycles. The molecule has 92 valence electrons. The molecular formula is C11H25NO2S. The maximum absolute atomic E-state index is 11.9. The molecule has 0 aliphatic rings. The monoisotopic (exact) mass is 235 g/mol. The van der Waals surface area contributed by atoms with E-state index < -0.39 is 14.6 Å². The second kappa shape index (κ2) is 6.48. The minimum atomic E-state index is -2.99. The topological polar surface area (TPSA) is 46.2 Å². The van der Waals surface area contributed by atoms with Crippen molar-refractivity contribution in [1.29, 1.82) is 0 Å². The van der Waals surface area contributed by atoms with E-state index in [9.17, 15) is 8.42 Å². The van der Waals surface area contributed by atoms with Gasteiger partial charge in [-0.25, -0.2) is 8.42 Å². The Hall–Kier alpha value is -0.0900. The molecule has 0 aromatic rings. The summed E-state index contributed by atoms with van der Waals surface area (Å²) in [5.41, 5.74) is 0. The molecule has 0 unspecified atom stereocenters. The zero-order valence-corrected chi connectivity index (χ0v) is 11.3. The van der Waals surface area contributed by atoms with Crippen molar-refractivity contribution < 1.29 is 8.42 Å². The molecule has 0 aliphatic heterocycles. The van der Waals surface area contributed by atoms with Gasteiger partial charge in [0.1, 0.15) is 0 Å². The first kappa shape index (κ1) is 14.9. The maximum Gasteiger partial charge on any atom is 0.154 e. The van der Waals surface area contributed by atoms with E-state index in [1.54, 1.807) is 0 Å². The molecule has 0 saturated carbocycles. The largest absolute Gasteiger partial charge is 0.315 e. The molecule has 0 aromatic heterocycles. The molecule has 3 nitrogen and oxygen atoms in total. The van der Waals surface area contributed by atoms with E-state index in [1.165, 1.54) is 6.26 Å². The van der Waals surface area contributed by atoms with Gasteiger partial charge in [0, 0.05) is 12.8 Å². The average Bonchev–Trinajstić information content (AvgIpc) is 2.13. The molecular weight excluding hydrogens is 210 g/mol. The molecule has 15 heavy (non-hydrogen) atoms. The first-order valence-electron chi connectivity index (χ1n) is 5.83. The Balaban J connectivity index is 4.89. The van der Waals surface area contributed by atoms with Crippen LogP contribution in [-0.2, 0) is 9.84 Å². The fourth-order valence-electron chi connectivity index (χ4n) is 2.07. The lowest BCUT2D eigenvalue weighted by Crippen LogP contribution is -2.46. The molecule has 0 bridgehead atoms. The lowest BCUT2D eigenvalue weighted by Gasteiger charge is -2.31. The molecule has 0 aliphatic carbocycles. The summed E-state index contributed by atoms with van der Waals surface area (Å²) in [6.07, 6.45) is 4.71. The molecule has 0 fully saturated rings. The van der Waals surface area contributed by atoms with Crippen molar-refractivity contribution in [3.05, 3.63) is 0 Å². The van der Waals surface area contributed by atoms with E-state index in [2.05, 4.69) is 5.32 Å². The minimum absolute atomic E-state index is 0.549. The van der Waals surface area contributed by atoms with Gasteiger partial charge >= 0.3 is 0 Å². The van der Waals surface area contributed by atoms with Crippen molar-refractivity contribution in [3.8, 4) is 0 Å². The van der Waals surface area contributed by atoms with Gasteiger partial charge in [-0.3, -0.25) is 0 Å². The third kappa shape index (κ3) is 4.11. The Kier molecular flexibility index (Phi) is 6.44. The van der Waals surface area contributed by atoms with Crippen LogP contribution < -0.4 is 5.32 Å². The summed E-state index contributed by atoms with van der Waals surface area (Å²) >= 11 is 0. The normalized spacial score (nSPS) is 13.1. The molecule has 0 radical (unpaired) electrons. The van der Waals surface area contributed by atoms with Gasteiger partial charge in [-0.1, -0.05) is 33.6 Å². The molecule has 1 N–H and O–H groups in total. The summed E-state index contributed by atoms with van der Waals surface area (Å²) in [6.45, 7) is 7.50. The van der Waals surface area contributed by atoms with E-state index in [-0.39, 0.29) is 0 Å². The highest BCUT2D eigenvalue weighted by atomic mass is 32.2. The Morgan fingerprint density at radius 1 is 1.07 bits per heavy atom. The molecule has 0 rings (SSSR count). The Bertz CT molecular complexity index is 254. The number of nitrogens with one attached hydrogen (secondary N) is 1. The van der Waals surface area contributed by atoms with Crippen LogP contribution in [0, 0.1) is 0 Å². The van der Waals surface area contributed by atoms with Crippen LogP contribution in [0.4, 0.5) is 0 Å². The molecule has 0 amide bonds. The van der Waals surface area contributed by atoms with Crippen LogP contribution >= 0.6 is 0 Å². The highest BCUT2D eigenvalue weighted by Crippen LogP contribution is 2.28. The highest BCUT2D eigenvalue weighted by molar-refractivity contribution is 7.92. The van der Waals surface area contributed by atoms with E-state index in [4.69, 9.17) is 0 Å². The summed E-state index contributed by atoms with van der Waals surface area (Å²) in [7, 11) is -2.99. The highest BCUT2D eigenvalue weighted by Gasteiger charge is 2.38. The van der Waals surface area contributed by atoms with Crippen LogP contribution in [0.15, 0.2) is 0 Å². The smallest absolute Gasteiger partial charge is 0.154 e. The molecule has 0 atom stereocenters. The van der Waals surface area contributed by atoms with Crippen LogP contribution in [-0.4, -0.2) is 32.5 Å². The zero-order valence-electron chi connectivity index (χ0n) is 10.5. The van der Waals surface area contributed by atoms with Crippen molar-refractivity contribution >= 4 is 9.84 Å². The SMILES string of the molecule is CCCC(CCC)(CNCC)S(C)(=O)=O. The third-order valence-electron chi connectivity index (χ3n) is 2.89. The fraction of sp³-hybridized carbons (Fsp3) is 1.00. The standard InChI is InChI=1S/C11H25NO2S/c1-5-8-11(9-6-2,10-12-7-3)15(4,13)14/h12H,5-10H2,1-4H3. The summed E-state index contributed by atoms with van der Waals surface area (Å²) in [5, 5.41) is 3.19. The molecule has 4 heteroatoms. The van der Waals surface area contributed by atoms with Gasteiger partial charge in [0.15, 0.2) is 9.84 Å². The first-order chi connectivity index (χ1) is 6.93. The van der Waals surface area contributed by atoms with Crippen LogP contribution in [0.1, 0.15) is 46.5 Å². The Morgan fingerprint density at radius 3 is 1.80 bits per heavy atom. The molecule has 0 spiro atoms. The molecule has 0 aromatic carbocycles. The van der Waals surface area contributed by atoms with Gasteiger partial charge in [-0.2, -0.15) is 0 Å². The van der Waals surface area contributed by atoms with Gasteiger partial charge in [-0.05, 0) is 19.4 Å². The van der Waals surface area contributed by atoms with Crippen LogP contribution in [0.2, 0.25) is 0 Å². The predicted octanol–water partition coefficient (Wildman–Crippen LogP) is 1.98. The Morgan fingerprint density at radius 2 is 1.53 bits per heavy atom. The fourth-order valence-corrected chi connectivity index (χ4v) is 3.58.